The number of carbonyl (C=O) groups is 1. The van der Waals surface area contributed by atoms with Gasteiger partial charge in [0.1, 0.15) is 11.3 Å². The predicted octanol–water partition coefficient (Wildman–Crippen LogP) is 1.93. The molecular weight excluding hydrogens is 294 g/mol. The first-order valence-electron chi connectivity index (χ1n) is 6.68. The second-order valence-corrected chi connectivity index (χ2v) is 7.08. The van der Waals surface area contributed by atoms with E-state index in [1.165, 1.54) is 6.92 Å². The SMILES string of the molecule is CC(C)C[C@@H](N)C(=O)OOS(=O)(=O)C(C)c1ccccc1. The number of hydrogen-bond donors (Lipinski definition) is 1. The molecule has 0 amide bonds. The highest BCUT2D eigenvalue weighted by molar-refractivity contribution is 7.86. The van der Waals surface area contributed by atoms with Crippen LogP contribution >= 0.6 is 0 Å². The molecule has 1 aromatic rings. The van der Waals surface area contributed by atoms with Crippen molar-refractivity contribution >= 4 is 16.1 Å². The monoisotopic (exact) mass is 315 g/mol. The summed E-state index contributed by atoms with van der Waals surface area (Å²) in [6, 6.07) is 7.59. The van der Waals surface area contributed by atoms with Crippen LogP contribution in [0.15, 0.2) is 30.3 Å². The van der Waals surface area contributed by atoms with Crippen LogP contribution in [0, 0.1) is 5.92 Å². The molecule has 0 radical (unpaired) electrons. The quantitative estimate of drug-likeness (QED) is 0.610. The fraction of sp³-hybridized carbons (Fsp3) is 0.500. The van der Waals surface area contributed by atoms with Gasteiger partial charge in [0.05, 0.1) is 0 Å². The van der Waals surface area contributed by atoms with Gasteiger partial charge in [0, 0.05) is 0 Å². The number of carbonyl (C=O) groups excluding carboxylic acids is 1. The normalized spacial score (nSPS) is 14.7. The molecule has 0 fully saturated rings. The number of rotatable bonds is 7. The lowest BCUT2D eigenvalue weighted by Gasteiger charge is -2.14. The van der Waals surface area contributed by atoms with Gasteiger partial charge in [-0.1, -0.05) is 48.5 Å². The van der Waals surface area contributed by atoms with Crippen molar-refractivity contribution in [3.8, 4) is 0 Å². The zero-order valence-corrected chi connectivity index (χ0v) is 13.2. The lowest BCUT2D eigenvalue weighted by atomic mass is 10.1. The molecule has 1 aromatic carbocycles. The molecule has 0 aromatic heterocycles. The maximum absolute atomic E-state index is 11.9. The van der Waals surface area contributed by atoms with Gasteiger partial charge in [-0.25, -0.2) is 4.79 Å². The molecule has 0 bridgehead atoms. The Kier molecular flexibility index (Phi) is 6.32. The summed E-state index contributed by atoms with van der Waals surface area (Å²) in [5.74, 6) is -0.708. The summed E-state index contributed by atoms with van der Waals surface area (Å²) in [4.78, 5) is 15.9. The first-order valence-corrected chi connectivity index (χ1v) is 8.15. The Morgan fingerprint density at radius 1 is 1.19 bits per heavy atom. The van der Waals surface area contributed by atoms with Crippen molar-refractivity contribution in [2.24, 2.45) is 11.7 Å². The van der Waals surface area contributed by atoms with E-state index in [2.05, 4.69) is 9.22 Å². The zero-order chi connectivity index (χ0) is 16.0. The van der Waals surface area contributed by atoms with Crippen molar-refractivity contribution in [2.75, 3.05) is 0 Å². The summed E-state index contributed by atoms with van der Waals surface area (Å²) >= 11 is 0. The Morgan fingerprint density at radius 2 is 1.76 bits per heavy atom. The van der Waals surface area contributed by atoms with E-state index in [-0.39, 0.29) is 5.92 Å². The highest BCUT2D eigenvalue weighted by atomic mass is 32.2. The van der Waals surface area contributed by atoms with Gasteiger partial charge in [-0.05, 0) is 24.8 Å². The van der Waals surface area contributed by atoms with Crippen molar-refractivity contribution in [1.82, 2.24) is 0 Å². The molecule has 2 N–H and O–H groups in total. The molecule has 118 valence electrons. The topological polar surface area (TPSA) is 95.7 Å². The van der Waals surface area contributed by atoms with Crippen molar-refractivity contribution in [3.05, 3.63) is 35.9 Å². The molecule has 0 heterocycles. The van der Waals surface area contributed by atoms with Crippen LogP contribution in [0.2, 0.25) is 0 Å². The van der Waals surface area contributed by atoms with E-state index >= 15 is 0 Å². The van der Waals surface area contributed by atoms with Crippen LogP contribution in [-0.2, 0) is 24.1 Å². The maximum atomic E-state index is 11.9. The lowest BCUT2D eigenvalue weighted by Crippen LogP contribution is -2.34. The molecule has 0 saturated carbocycles. The van der Waals surface area contributed by atoms with E-state index in [1.54, 1.807) is 30.3 Å². The third kappa shape index (κ3) is 5.45. The second-order valence-electron chi connectivity index (χ2n) is 5.25. The molecule has 7 heteroatoms. The van der Waals surface area contributed by atoms with E-state index < -0.39 is 27.4 Å². The second kappa shape index (κ2) is 7.53. The van der Waals surface area contributed by atoms with Crippen LogP contribution < -0.4 is 5.73 Å². The minimum Gasteiger partial charge on any atom is -0.318 e. The molecule has 0 aliphatic rings. The number of benzene rings is 1. The summed E-state index contributed by atoms with van der Waals surface area (Å²) in [5, 5.41) is -0.951. The highest BCUT2D eigenvalue weighted by Gasteiger charge is 2.28. The molecule has 2 atom stereocenters. The zero-order valence-electron chi connectivity index (χ0n) is 12.4. The van der Waals surface area contributed by atoms with Crippen LogP contribution in [-0.4, -0.2) is 20.4 Å². The van der Waals surface area contributed by atoms with E-state index in [0.717, 1.165) is 0 Å². The van der Waals surface area contributed by atoms with Crippen LogP contribution in [0.25, 0.3) is 0 Å². The summed E-state index contributed by atoms with van der Waals surface area (Å²) in [7, 11) is -4.07. The molecule has 1 rings (SSSR count). The first kappa shape index (κ1) is 17.6. The average Bonchev–Trinajstić information content (AvgIpc) is 2.44. The van der Waals surface area contributed by atoms with Gasteiger partial charge < -0.3 is 5.73 Å². The third-order valence-corrected chi connectivity index (χ3v) is 4.34. The van der Waals surface area contributed by atoms with Gasteiger partial charge in [0.25, 0.3) is 0 Å². The van der Waals surface area contributed by atoms with E-state index in [4.69, 9.17) is 5.73 Å². The Morgan fingerprint density at radius 3 is 2.29 bits per heavy atom. The minimum absolute atomic E-state index is 0.187. The fourth-order valence-electron chi connectivity index (χ4n) is 1.70. The Labute approximate surface area is 125 Å². The molecular formula is C14H21NO5S. The third-order valence-electron chi connectivity index (χ3n) is 2.94. The molecule has 0 aliphatic carbocycles. The summed E-state index contributed by atoms with van der Waals surface area (Å²) in [6.07, 6.45) is 0.385. The Balaban J connectivity index is 2.63. The molecule has 0 spiro atoms. The Bertz CT molecular complexity index is 556. The molecule has 1 unspecified atom stereocenters. The molecule has 21 heavy (non-hydrogen) atoms. The summed E-state index contributed by atoms with van der Waals surface area (Å²) in [5.41, 5.74) is 6.13. The average molecular weight is 315 g/mol. The van der Waals surface area contributed by atoms with Crippen molar-refractivity contribution < 1.29 is 22.4 Å². The van der Waals surface area contributed by atoms with E-state index in [9.17, 15) is 13.2 Å². The highest BCUT2D eigenvalue weighted by Crippen LogP contribution is 2.23. The smallest absolute Gasteiger partial charge is 0.318 e. The fourth-order valence-corrected chi connectivity index (χ4v) is 2.47. The molecule has 0 saturated heterocycles. The van der Waals surface area contributed by atoms with E-state index in [0.29, 0.717) is 12.0 Å². The number of hydrogen-bond acceptors (Lipinski definition) is 6. The van der Waals surface area contributed by atoms with Crippen LogP contribution in [0.3, 0.4) is 0 Å². The van der Waals surface area contributed by atoms with Crippen LogP contribution in [0.1, 0.15) is 38.0 Å². The van der Waals surface area contributed by atoms with E-state index in [1.807, 2.05) is 13.8 Å². The lowest BCUT2D eigenvalue weighted by molar-refractivity contribution is -0.213. The first-order chi connectivity index (χ1) is 9.74. The Hall–Kier alpha value is -1.44. The number of nitrogens with two attached hydrogens (primary N) is 1. The summed E-state index contributed by atoms with van der Waals surface area (Å²) in [6.45, 7) is 5.23. The van der Waals surface area contributed by atoms with Gasteiger partial charge in [-0.15, -0.1) is 0 Å². The van der Waals surface area contributed by atoms with Gasteiger partial charge in [-0.3, -0.25) is 4.89 Å². The van der Waals surface area contributed by atoms with Gasteiger partial charge in [0.2, 0.25) is 0 Å². The van der Waals surface area contributed by atoms with Gasteiger partial charge in [0.15, 0.2) is 0 Å². The molecule has 0 aliphatic heterocycles. The largest absolute Gasteiger partial charge is 0.360 e. The van der Waals surface area contributed by atoms with Crippen LogP contribution in [0.5, 0.6) is 0 Å². The minimum atomic E-state index is -4.07. The molecule has 6 nitrogen and oxygen atoms in total. The van der Waals surface area contributed by atoms with Crippen LogP contribution in [0.4, 0.5) is 0 Å². The van der Waals surface area contributed by atoms with Crippen molar-refractivity contribution in [3.63, 3.8) is 0 Å². The summed E-state index contributed by atoms with van der Waals surface area (Å²) < 4.78 is 28.2. The maximum Gasteiger partial charge on any atom is 0.360 e. The van der Waals surface area contributed by atoms with Gasteiger partial charge >= 0.3 is 16.1 Å². The van der Waals surface area contributed by atoms with Gasteiger partial charge in [-0.2, -0.15) is 8.42 Å². The standard InChI is InChI=1S/C14H21NO5S/c1-10(2)9-13(15)14(16)19-20-21(17,18)11(3)12-7-5-4-6-8-12/h4-8,10-11,13H,9,15H2,1-3H3/t11?,13-/m1/s1. The van der Waals surface area contributed by atoms with Crippen molar-refractivity contribution in [2.45, 2.75) is 38.5 Å². The predicted molar refractivity (Wildman–Crippen MR) is 78.4 cm³/mol. The van der Waals surface area contributed by atoms with Crippen molar-refractivity contribution in [1.29, 1.82) is 0 Å².